The first-order chi connectivity index (χ1) is 7.33. The SMILES string of the molecule is CCCn1cnnc1-c1ccncc1N. The van der Waals surface area contributed by atoms with Crippen LogP contribution in [-0.4, -0.2) is 19.7 Å². The molecule has 0 aliphatic rings. The van der Waals surface area contributed by atoms with Gasteiger partial charge in [0.25, 0.3) is 0 Å². The second kappa shape index (κ2) is 4.08. The topological polar surface area (TPSA) is 69.6 Å². The summed E-state index contributed by atoms with van der Waals surface area (Å²) < 4.78 is 1.99. The number of hydrogen-bond donors (Lipinski definition) is 1. The molecule has 2 heterocycles. The maximum Gasteiger partial charge on any atom is 0.165 e. The van der Waals surface area contributed by atoms with E-state index in [1.54, 1.807) is 18.7 Å². The van der Waals surface area contributed by atoms with Gasteiger partial charge in [-0.25, -0.2) is 0 Å². The van der Waals surface area contributed by atoms with Crippen molar-refractivity contribution in [3.05, 3.63) is 24.8 Å². The number of anilines is 1. The number of pyridine rings is 1. The Balaban J connectivity index is 2.45. The van der Waals surface area contributed by atoms with Gasteiger partial charge in [-0.3, -0.25) is 4.98 Å². The molecule has 0 saturated heterocycles. The molecule has 78 valence electrons. The number of nitrogens with two attached hydrogens (primary N) is 1. The molecule has 5 heteroatoms. The van der Waals surface area contributed by atoms with Gasteiger partial charge in [0.1, 0.15) is 6.33 Å². The third-order valence-electron chi connectivity index (χ3n) is 2.17. The van der Waals surface area contributed by atoms with Crippen LogP contribution in [0.15, 0.2) is 24.8 Å². The summed E-state index contributed by atoms with van der Waals surface area (Å²) in [5.41, 5.74) is 7.35. The Morgan fingerprint density at radius 3 is 3.07 bits per heavy atom. The number of aromatic nitrogens is 4. The largest absolute Gasteiger partial charge is 0.397 e. The van der Waals surface area contributed by atoms with E-state index >= 15 is 0 Å². The van der Waals surface area contributed by atoms with Crippen LogP contribution < -0.4 is 5.73 Å². The van der Waals surface area contributed by atoms with Gasteiger partial charge in [-0.05, 0) is 12.5 Å². The van der Waals surface area contributed by atoms with E-state index in [4.69, 9.17) is 5.73 Å². The van der Waals surface area contributed by atoms with Crippen LogP contribution in [0.1, 0.15) is 13.3 Å². The lowest BCUT2D eigenvalue weighted by atomic mass is 10.2. The van der Waals surface area contributed by atoms with Gasteiger partial charge in [-0.1, -0.05) is 6.92 Å². The van der Waals surface area contributed by atoms with Crippen LogP contribution in [0.3, 0.4) is 0 Å². The first-order valence-corrected chi connectivity index (χ1v) is 4.90. The summed E-state index contributed by atoms with van der Waals surface area (Å²) in [6.45, 7) is 3.00. The highest BCUT2D eigenvalue weighted by molar-refractivity contribution is 5.70. The summed E-state index contributed by atoms with van der Waals surface area (Å²) in [4.78, 5) is 3.95. The molecule has 0 bridgehead atoms. The Kier molecular flexibility index (Phi) is 2.62. The van der Waals surface area contributed by atoms with Crippen molar-refractivity contribution in [2.45, 2.75) is 19.9 Å². The summed E-state index contributed by atoms with van der Waals surface area (Å²) in [7, 11) is 0. The lowest BCUT2D eigenvalue weighted by Gasteiger charge is -2.06. The van der Waals surface area contributed by atoms with Crippen molar-refractivity contribution in [2.24, 2.45) is 0 Å². The molecular weight excluding hydrogens is 190 g/mol. The quantitative estimate of drug-likeness (QED) is 0.817. The molecule has 0 saturated carbocycles. The van der Waals surface area contributed by atoms with Gasteiger partial charge in [-0.15, -0.1) is 10.2 Å². The van der Waals surface area contributed by atoms with Crippen molar-refractivity contribution in [1.82, 2.24) is 19.7 Å². The smallest absolute Gasteiger partial charge is 0.165 e. The molecule has 2 rings (SSSR count). The van der Waals surface area contributed by atoms with E-state index in [1.807, 2.05) is 10.6 Å². The molecule has 0 aliphatic heterocycles. The van der Waals surface area contributed by atoms with Crippen LogP contribution >= 0.6 is 0 Å². The minimum atomic E-state index is 0.628. The van der Waals surface area contributed by atoms with Crippen molar-refractivity contribution >= 4 is 5.69 Å². The zero-order valence-electron chi connectivity index (χ0n) is 8.59. The molecule has 2 aromatic rings. The van der Waals surface area contributed by atoms with Crippen LogP contribution in [0.4, 0.5) is 5.69 Å². The van der Waals surface area contributed by atoms with Crippen molar-refractivity contribution in [3.8, 4) is 11.4 Å². The highest BCUT2D eigenvalue weighted by atomic mass is 15.3. The summed E-state index contributed by atoms with van der Waals surface area (Å²) >= 11 is 0. The molecule has 2 aromatic heterocycles. The lowest BCUT2D eigenvalue weighted by molar-refractivity contribution is 0.683. The molecule has 0 aliphatic carbocycles. The number of nitrogen functional groups attached to an aromatic ring is 1. The van der Waals surface area contributed by atoms with Crippen molar-refractivity contribution in [3.63, 3.8) is 0 Å². The van der Waals surface area contributed by atoms with Crippen molar-refractivity contribution < 1.29 is 0 Å². The number of rotatable bonds is 3. The van der Waals surface area contributed by atoms with Gasteiger partial charge >= 0.3 is 0 Å². The first kappa shape index (κ1) is 9.64. The number of nitrogens with zero attached hydrogens (tertiary/aromatic N) is 4. The standard InChI is InChI=1S/C10H13N5/c1-2-5-15-7-13-14-10(15)8-3-4-12-6-9(8)11/h3-4,6-7H,2,5,11H2,1H3. The predicted molar refractivity (Wildman–Crippen MR) is 58.0 cm³/mol. The van der Waals surface area contributed by atoms with Crippen LogP contribution in [0, 0.1) is 0 Å². The van der Waals surface area contributed by atoms with Crippen LogP contribution in [0.2, 0.25) is 0 Å². The Bertz CT molecular complexity index is 449. The summed E-state index contributed by atoms with van der Waals surface area (Å²) in [6.07, 6.45) is 6.09. The molecule has 0 unspecified atom stereocenters. The van der Waals surface area contributed by atoms with E-state index in [-0.39, 0.29) is 0 Å². The second-order valence-corrected chi connectivity index (χ2v) is 3.31. The van der Waals surface area contributed by atoms with E-state index in [0.29, 0.717) is 5.69 Å². The van der Waals surface area contributed by atoms with E-state index in [0.717, 1.165) is 24.4 Å². The molecular formula is C10H13N5. The fourth-order valence-corrected chi connectivity index (χ4v) is 1.48. The zero-order chi connectivity index (χ0) is 10.7. The van der Waals surface area contributed by atoms with Crippen molar-refractivity contribution in [1.29, 1.82) is 0 Å². The minimum Gasteiger partial charge on any atom is -0.397 e. The number of hydrogen-bond acceptors (Lipinski definition) is 4. The summed E-state index contributed by atoms with van der Waals surface area (Å²) in [5, 5.41) is 7.97. The zero-order valence-corrected chi connectivity index (χ0v) is 8.59. The minimum absolute atomic E-state index is 0.628. The molecule has 0 radical (unpaired) electrons. The average Bonchev–Trinajstić information content (AvgIpc) is 2.67. The molecule has 0 aromatic carbocycles. The van der Waals surface area contributed by atoms with E-state index in [9.17, 15) is 0 Å². The van der Waals surface area contributed by atoms with E-state index < -0.39 is 0 Å². The molecule has 5 nitrogen and oxygen atoms in total. The highest BCUT2D eigenvalue weighted by Crippen LogP contribution is 2.22. The fourth-order valence-electron chi connectivity index (χ4n) is 1.48. The Morgan fingerprint density at radius 1 is 1.47 bits per heavy atom. The van der Waals surface area contributed by atoms with Crippen LogP contribution in [0.25, 0.3) is 11.4 Å². The van der Waals surface area contributed by atoms with Crippen LogP contribution in [0.5, 0.6) is 0 Å². The summed E-state index contributed by atoms with van der Waals surface area (Å²) in [5.74, 6) is 0.803. The maximum atomic E-state index is 5.83. The molecule has 0 atom stereocenters. The Morgan fingerprint density at radius 2 is 2.33 bits per heavy atom. The van der Waals surface area contributed by atoms with Gasteiger partial charge in [0.05, 0.1) is 11.9 Å². The molecule has 15 heavy (non-hydrogen) atoms. The normalized spacial score (nSPS) is 10.5. The lowest BCUT2D eigenvalue weighted by Crippen LogP contribution is -2.00. The van der Waals surface area contributed by atoms with Gasteiger partial charge in [0, 0.05) is 18.3 Å². The third kappa shape index (κ3) is 1.81. The Labute approximate surface area is 88.0 Å². The monoisotopic (exact) mass is 203 g/mol. The first-order valence-electron chi connectivity index (χ1n) is 4.90. The molecule has 0 spiro atoms. The van der Waals surface area contributed by atoms with Crippen LogP contribution in [-0.2, 0) is 6.54 Å². The maximum absolute atomic E-state index is 5.83. The second-order valence-electron chi connectivity index (χ2n) is 3.31. The van der Waals surface area contributed by atoms with Gasteiger partial charge in [-0.2, -0.15) is 0 Å². The van der Waals surface area contributed by atoms with E-state index in [2.05, 4.69) is 22.1 Å². The van der Waals surface area contributed by atoms with E-state index in [1.165, 1.54) is 0 Å². The molecule has 0 amide bonds. The fraction of sp³-hybridized carbons (Fsp3) is 0.300. The van der Waals surface area contributed by atoms with Gasteiger partial charge in [0.15, 0.2) is 5.82 Å². The Hall–Kier alpha value is -1.91. The van der Waals surface area contributed by atoms with Crippen molar-refractivity contribution in [2.75, 3.05) is 5.73 Å². The molecule has 0 fully saturated rings. The highest BCUT2D eigenvalue weighted by Gasteiger charge is 2.09. The predicted octanol–water partition coefficient (Wildman–Crippen LogP) is 1.33. The third-order valence-corrected chi connectivity index (χ3v) is 2.17. The number of aryl methyl sites for hydroxylation is 1. The van der Waals surface area contributed by atoms with Gasteiger partial charge < -0.3 is 10.3 Å². The van der Waals surface area contributed by atoms with Gasteiger partial charge in [0.2, 0.25) is 0 Å². The average molecular weight is 203 g/mol. The molecule has 2 N–H and O–H groups in total. The summed E-state index contributed by atoms with van der Waals surface area (Å²) in [6, 6.07) is 1.85.